The lowest BCUT2D eigenvalue weighted by molar-refractivity contribution is -0.134. The molecule has 1 saturated heterocycles. The van der Waals surface area contributed by atoms with E-state index in [-0.39, 0.29) is 11.5 Å². The lowest BCUT2D eigenvalue weighted by Gasteiger charge is -2.27. The first-order valence-electron chi connectivity index (χ1n) is 5.24. The number of amides is 1. The number of carbonyl (C=O) groups excluding carboxylic acids is 1. The largest absolute Gasteiger partial charge is 0.478 e. The third-order valence-corrected chi connectivity index (χ3v) is 2.85. The van der Waals surface area contributed by atoms with Crippen molar-refractivity contribution < 1.29 is 14.7 Å². The third kappa shape index (κ3) is 2.81. The summed E-state index contributed by atoms with van der Waals surface area (Å²) in [6, 6.07) is 0. The van der Waals surface area contributed by atoms with E-state index in [2.05, 4.69) is 0 Å². The summed E-state index contributed by atoms with van der Waals surface area (Å²) in [5, 5.41) is 8.77. The highest BCUT2D eigenvalue weighted by molar-refractivity contribution is 6.01. The van der Waals surface area contributed by atoms with Crippen molar-refractivity contribution in [3.8, 4) is 0 Å². The predicted octanol–water partition coefficient (Wildman–Crippen LogP) is 1.42. The van der Waals surface area contributed by atoms with Crippen molar-refractivity contribution in [3.63, 3.8) is 0 Å². The highest BCUT2D eigenvalue weighted by Crippen LogP contribution is 2.14. The lowest BCUT2D eigenvalue weighted by Crippen LogP contribution is -2.36. The Kier molecular flexibility index (Phi) is 3.88. The fourth-order valence-electron chi connectivity index (χ4n) is 1.65. The number of carboxylic acid groups (broad SMARTS) is 1. The topological polar surface area (TPSA) is 57.6 Å². The van der Waals surface area contributed by atoms with Gasteiger partial charge in [-0.15, -0.1) is 0 Å². The molecular formula is C11H17NO3. The second-order valence-corrected chi connectivity index (χ2v) is 3.91. The summed E-state index contributed by atoms with van der Waals surface area (Å²) in [5.74, 6) is -1.15. The van der Waals surface area contributed by atoms with Crippen LogP contribution in [0.4, 0.5) is 0 Å². The fourth-order valence-corrected chi connectivity index (χ4v) is 1.65. The SMILES string of the molecule is C/C(C(=O)O)=C(/C)C(=O)N1CCCCC1. The van der Waals surface area contributed by atoms with E-state index in [9.17, 15) is 9.59 Å². The molecule has 0 aromatic heterocycles. The first kappa shape index (κ1) is 11.8. The Morgan fingerprint density at radius 3 is 2.00 bits per heavy atom. The molecule has 1 amide bonds. The monoisotopic (exact) mass is 211 g/mol. The van der Waals surface area contributed by atoms with E-state index in [1.807, 2.05) is 0 Å². The minimum absolute atomic E-state index is 0.130. The first-order chi connectivity index (χ1) is 7.04. The highest BCUT2D eigenvalue weighted by atomic mass is 16.4. The maximum Gasteiger partial charge on any atom is 0.331 e. The molecule has 84 valence electrons. The van der Waals surface area contributed by atoms with Crippen molar-refractivity contribution in [3.05, 3.63) is 11.1 Å². The number of carboxylic acids is 1. The standard InChI is InChI=1S/C11H17NO3/c1-8(9(2)11(14)15)10(13)12-6-4-3-5-7-12/h3-7H2,1-2H3,(H,14,15)/b9-8+. The zero-order valence-electron chi connectivity index (χ0n) is 9.25. The minimum Gasteiger partial charge on any atom is -0.478 e. The molecule has 0 bridgehead atoms. The van der Waals surface area contributed by atoms with Crippen molar-refractivity contribution in [2.45, 2.75) is 33.1 Å². The molecule has 1 aliphatic heterocycles. The fraction of sp³-hybridized carbons (Fsp3) is 0.636. The Balaban J connectivity index is 2.74. The first-order valence-corrected chi connectivity index (χ1v) is 5.24. The smallest absolute Gasteiger partial charge is 0.331 e. The molecule has 0 unspecified atom stereocenters. The van der Waals surface area contributed by atoms with Crippen LogP contribution < -0.4 is 0 Å². The molecule has 0 atom stereocenters. The zero-order valence-corrected chi connectivity index (χ0v) is 9.25. The van der Waals surface area contributed by atoms with Gasteiger partial charge in [0.1, 0.15) is 0 Å². The quantitative estimate of drug-likeness (QED) is 0.703. The Hall–Kier alpha value is -1.32. The molecule has 0 radical (unpaired) electrons. The number of hydrogen-bond acceptors (Lipinski definition) is 2. The van der Waals surface area contributed by atoms with Crippen LogP contribution in [0, 0.1) is 0 Å². The maximum absolute atomic E-state index is 11.8. The molecule has 1 heterocycles. The lowest BCUT2D eigenvalue weighted by atomic mass is 10.1. The second-order valence-electron chi connectivity index (χ2n) is 3.91. The van der Waals surface area contributed by atoms with E-state index in [1.54, 1.807) is 11.8 Å². The predicted molar refractivity (Wildman–Crippen MR) is 56.4 cm³/mol. The van der Waals surface area contributed by atoms with Gasteiger partial charge < -0.3 is 10.0 Å². The van der Waals surface area contributed by atoms with Crippen molar-refractivity contribution in [1.82, 2.24) is 4.90 Å². The van der Waals surface area contributed by atoms with Crippen LogP contribution >= 0.6 is 0 Å². The van der Waals surface area contributed by atoms with E-state index >= 15 is 0 Å². The van der Waals surface area contributed by atoms with Gasteiger partial charge in [-0.25, -0.2) is 4.79 Å². The summed E-state index contributed by atoms with van der Waals surface area (Å²) >= 11 is 0. The van der Waals surface area contributed by atoms with E-state index in [4.69, 9.17) is 5.11 Å². The number of rotatable bonds is 2. The molecule has 4 nitrogen and oxygen atoms in total. The van der Waals surface area contributed by atoms with Gasteiger partial charge in [-0.1, -0.05) is 0 Å². The second kappa shape index (κ2) is 4.96. The molecule has 1 fully saturated rings. The summed E-state index contributed by atoms with van der Waals surface area (Å²) in [5.41, 5.74) is 0.495. The zero-order chi connectivity index (χ0) is 11.4. The molecule has 1 N–H and O–H groups in total. The summed E-state index contributed by atoms with van der Waals surface area (Å²) in [6.07, 6.45) is 3.20. The van der Waals surface area contributed by atoms with Crippen molar-refractivity contribution in [1.29, 1.82) is 0 Å². The number of carbonyl (C=O) groups is 2. The molecule has 4 heteroatoms. The number of hydrogen-bond donors (Lipinski definition) is 1. The van der Waals surface area contributed by atoms with Crippen molar-refractivity contribution in [2.24, 2.45) is 0 Å². The molecular weight excluding hydrogens is 194 g/mol. The van der Waals surface area contributed by atoms with Gasteiger partial charge >= 0.3 is 5.97 Å². The average Bonchev–Trinajstić information content (AvgIpc) is 2.27. The number of likely N-dealkylation sites (tertiary alicyclic amines) is 1. The van der Waals surface area contributed by atoms with E-state index in [1.165, 1.54) is 6.92 Å². The Morgan fingerprint density at radius 2 is 1.53 bits per heavy atom. The van der Waals surface area contributed by atoms with Crippen LogP contribution in [0.1, 0.15) is 33.1 Å². The van der Waals surface area contributed by atoms with Crippen LogP contribution in [0.3, 0.4) is 0 Å². The number of aliphatic carboxylic acids is 1. The molecule has 0 aromatic rings. The van der Waals surface area contributed by atoms with Gasteiger partial charge in [0.15, 0.2) is 0 Å². The molecule has 0 spiro atoms. The Labute approximate surface area is 89.6 Å². The molecule has 15 heavy (non-hydrogen) atoms. The summed E-state index contributed by atoms with van der Waals surface area (Å²) < 4.78 is 0. The van der Waals surface area contributed by atoms with Gasteiger partial charge in [-0.3, -0.25) is 4.79 Å². The van der Waals surface area contributed by atoms with Gasteiger partial charge in [-0.05, 0) is 33.1 Å². The normalized spacial score (nSPS) is 18.4. The van der Waals surface area contributed by atoms with Gasteiger partial charge in [0.05, 0.1) is 0 Å². The van der Waals surface area contributed by atoms with E-state index < -0.39 is 5.97 Å². The third-order valence-electron chi connectivity index (χ3n) is 2.85. The molecule has 0 aromatic carbocycles. The maximum atomic E-state index is 11.8. The van der Waals surface area contributed by atoms with Crippen LogP contribution in [-0.4, -0.2) is 35.0 Å². The summed E-state index contributed by atoms with van der Waals surface area (Å²) in [7, 11) is 0. The average molecular weight is 211 g/mol. The van der Waals surface area contributed by atoms with Gasteiger partial charge in [0.25, 0.3) is 0 Å². The highest BCUT2D eigenvalue weighted by Gasteiger charge is 2.20. The van der Waals surface area contributed by atoms with Crippen LogP contribution in [0.5, 0.6) is 0 Å². The Morgan fingerprint density at radius 1 is 1.00 bits per heavy atom. The van der Waals surface area contributed by atoms with Gasteiger partial charge in [0.2, 0.25) is 5.91 Å². The van der Waals surface area contributed by atoms with Crippen LogP contribution in [-0.2, 0) is 9.59 Å². The van der Waals surface area contributed by atoms with Gasteiger partial charge in [-0.2, -0.15) is 0 Å². The minimum atomic E-state index is -1.02. The summed E-state index contributed by atoms with van der Waals surface area (Å²) in [4.78, 5) is 24.3. The van der Waals surface area contributed by atoms with Crippen LogP contribution in [0.15, 0.2) is 11.1 Å². The van der Waals surface area contributed by atoms with Crippen LogP contribution in [0.2, 0.25) is 0 Å². The van der Waals surface area contributed by atoms with E-state index in [0.717, 1.165) is 32.4 Å². The molecule has 0 saturated carbocycles. The van der Waals surface area contributed by atoms with Gasteiger partial charge in [0, 0.05) is 24.2 Å². The molecule has 1 aliphatic rings. The number of nitrogens with zero attached hydrogens (tertiary/aromatic N) is 1. The number of piperidine rings is 1. The van der Waals surface area contributed by atoms with Crippen molar-refractivity contribution in [2.75, 3.05) is 13.1 Å². The van der Waals surface area contributed by atoms with Crippen LogP contribution in [0.25, 0.3) is 0 Å². The summed E-state index contributed by atoms with van der Waals surface area (Å²) in [6.45, 7) is 4.56. The molecule has 0 aliphatic carbocycles. The molecule has 1 rings (SSSR count). The van der Waals surface area contributed by atoms with E-state index in [0.29, 0.717) is 5.57 Å². The van der Waals surface area contributed by atoms with Crippen molar-refractivity contribution >= 4 is 11.9 Å². The Bertz CT molecular complexity index is 301.